The summed E-state index contributed by atoms with van der Waals surface area (Å²) in [5, 5.41) is 0. The molecule has 0 aromatic heterocycles. The first-order chi connectivity index (χ1) is 4.69. The Kier molecular flexibility index (Phi) is 2.55. The zero-order valence-corrected chi connectivity index (χ0v) is 8.18. The van der Waals surface area contributed by atoms with Crippen LogP contribution in [0.1, 0.15) is 26.2 Å². The van der Waals surface area contributed by atoms with Gasteiger partial charge in [-0.2, -0.15) is 0 Å². The molecule has 0 aliphatic heterocycles. The van der Waals surface area contributed by atoms with Gasteiger partial charge in [0, 0.05) is 0 Å². The molecular weight excluding hydrogens is 243 g/mol. The van der Waals surface area contributed by atoms with Gasteiger partial charge in [0.25, 0.3) is 0 Å². The fourth-order valence-electron chi connectivity index (χ4n) is 1.14. The van der Waals surface area contributed by atoms with E-state index in [1.165, 1.54) is 6.42 Å². The third kappa shape index (κ3) is 1.44. The summed E-state index contributed by atoms with van der Waals surface area (Å²) in [6, 6.07) is 0. The average Bonchev–Trinajstić information content (AvgIpc) is 1.83. The number of hydrogen-bond donors (Lipinski definition) is 0. The SMILES string of the molecule is CC1(C(=O)OCI)CCC1. The van der Waals surface area contributed by atoms with Crippen LogP contribution in [0.4, 0.5) is 0 Å². The van der Waals surface area contributed by atoms with Gasteiger partial charge >= 0.3 is 5.97 Å². The van der Waals surface area contributed by atoms with Crippen molar-refractivity contribution >= 4 is 28.6 Å². The zero-order valence-electron chi connectivity index (χ0n) is 6.02. The Bertz CT molecular complexity index is 141. The van der Waals surface area contributed by atoms with Gasteiger partial charge in [-0.15, -0.1) is 0 Å². The summed E-state index contributed by atoms with van der Waals surface area (Å²) in [5.41, 5.74) is -0.134. The quantitative estimate of drug-likeness (QED) is 0.428. The van der Waals surface area contributed by atoms with Crippen molar-refractivity contribution < 1.29 is 9.53 Å². The summed E-state index contributed by atoms with van der Waals surface area (Å²) in [4.78, 5) is 11.1. The minimum Gasteiger partial charge on any atom is -0.455 e. The Morgan fingerprint density at radius 2 is 2.30 bits per heavy atom. The van der Waals surface area contributed by atoms with Crippen LogP contribution in [0.2, 0.25) is 0 Å². The van der Waals surface area contributed by atoms with E-state index in [4.69, 9.17) is 4.74 Å². The number of rotatable bonds is 2. The Morgan fingerprint density at radius 1 is 1.70 bits per heavy atom. The van der Waals surface area contributed by atoms with E-state index < -0.39 is 0 Å². The van der Waals surface area contributed by atoms with Gasteiger partial charge in [0.05, 0.1) is 5.41 Å². The minimum absolute atomic E-state index is 0.0202. The molecule has 0 saturated heterocycles. The molecule has 0 radical (unpaired) electrons. The molecule has 1 saturated carbocycles. The molecule has 0 amide bonds. The number of alkyl halides is 1. The maximum absolute atomic E-state index is 11.1. The predicted molar refractivity (Wildman–Crippen MR) is 46.9 cm³/mol. The van der Waals surface area contributed by atoms with E-state index in [2.05, 4.69) is 0 Å². The lowest BCUT2D eigenvalue weighted by Crippen LogP contribution is -2.36. The molecule has 0 aromatic carbocycles. The Hall–Kier alpha value is 0.200. The van der Waals surface area contributed by atoms with Crippen molar-refractivity contribution in [2.45, 2.75) is 26.2 Å². The van der Waals surface area contributed by atoms with Crippen molar-refractivity contribution in [3.05, 3.63) is 0 Å². The maximum Gasteiger partial charge on any atom is 0.312 e. The second-order valence-electron chi connectivity index (χ2n) is 2.96. The largest absolute Gasteiger partial charge is 0.455 e. The van der Waals surface area contributed by atoms with Crippen LogP contribution in [-0.2, 0) is 9.53 Å². The number of hydrogen-bond acceptors (Lipinski definition) is 2. The molecular formula is C7H11IO2. The highest BCUT2D eigenvalue weighted by atomic mass is 127. The highest BCUT2D eigenvalue weighted by molar-refractivity contribution is 14.1. The summed E-state index contributed by atoms with van der Waals surface area (Å²) < 4.78 is 5.37. The molecule has 3 heteroatoms. The molecule has 0 bridgehead atoms. The number of ether oxygens (including phenoxy) is 1. The normalized spacial score (nSPS) is 21.4. The van der Waals surface area contributed by atoms with E-state index in [0.29, 0.717) is 4.61 Å². The van der Waals surface area contributed by atoms with Gasteiger partial charge in [0.1, 0.15) is 4.61 Å². The molecule has 0 atom stereocenters. The highest BCUT2D eigenvalue weighted by Crippen LogP contribution is 2.41. The molecule has 0 N–H and O–H groups in total. The van der Waals surface area contributed by atoms with Gasteiger partial charge in [0.2, 0.25) is 0 Å². The van der Waals surface area contributed by atoms with Gasteiger partial charge in [-0.1, -0.05) is 6.42 Å². The van der Waals surface area contributed by atoms with E-state index >= 15 is 0 Å². The van der Waals surface area contributed by atoms with Crippen LogP contribution in [0.5, 0.6) is 0 Å². The lowest BCUT2D eigenvalue weighted by Gasteiger charge is -2.35. The third-order valence-corrected chi connectivity index (χ3v) is 2.45. The number of halogens is 1. The summed E-state index contributed by atoms with van der Waals surface area (Å²) in [6.45, 7) is 1.98. The minimum atomic E-state index is -0.134. The summed E-state index contributed by atoms with van der Waals surface area (Å²) in [7, 11) is 0. The number of esters is 1. The molecule has 2 nitrogen and oxygen atoms in total. The second-order valence-corrected chi connectivity index (χ2v) is 3.58. The molecule has 1 fully saturated rings. The average molecular weight is 254 g/mol. The molecule has 0 unspecified atom stereocenters. The van der Waals surface area contributed by atoms with Crippen molar-refractivity contribution in [1.82, 2.24) is 0 Å². The smallest absolute Gasteiger partial charge is 0.312 e. The first-order valence-corrected chi connectivity index (χ1v) is 4.95. The number of carbonyl (C=O) groups excluding carboxylic acids is 1. The Labute approximate surface area is 74.5 Å². The van der Waals surface area contributed by atoms with E-state index in [1.807, 2.05) is 29.5 Å². The first-order valence-electron chi connectivity index (χ1n) is 3.42. The fraction of sp³-hybridized carbons (Fsp3) is 0.857. The van der Waals surface area contributed by atoms with E-state index in [0.717, 1.165) is 12.8 Å². The molecule has 0 aromatic rings. The van der Waals surface area contributed by atoms with E-state index in [1.54, 1.807) is 0 Å². The van der Waals surface area contributed by atoms with Crippen molar-refractivity contribution in [3.8, 4) is 0 Å². The van der Waals surface area contributed by atoms with Crippen molar-refractivity contribution in [1.29, 1.82) is 0 Å². The van der Waals surface area contributed by atoms with Crippen molar-refractivity contribution in [2.24, 2.45) is 5.41 Å². The number of carbonyl (C=O) groups is 1. The molecule has 1 aliphatic carbocycles. The molecule has 1 aliphatic rings. The van der Waals surface area contributed by atoms with Gasteiger partial charge < -0.3 is 4.74 Å². The Morgan fingerprint density at radius 3 is 2.60 bits per heavy atom. The maximum atomic E-state index is 11.1. The summed E-state index contributed by atoms with van der Waals surface area (Å²) >= 11 is 2.04. The van der Waals surface area contributed by atoms with Gasteiger partial charge in [0.15, 0.2) is 0 Å². The van der Waals surface area contributed by atoms with Crippen LogP contribution < -0.4 is 0 Å². The molecule has 58 valence electrons. The Balaban J connectivity index is 2.39. The molecule has 0 heterocycles. The summed E-state index contributed by atoms with van der Waals surface area (Å²) in [5.74, 6) is -0.0202. The first kappa shape index (κ1) is 8.30. The lowest BCUT2D eigenvalue weighted by atomic mass is 9.70. The van der Waals surface area contributed by atoms with Crippen molar-refractivity contribution in [2.75, 3.05) is 4.61 Å². The van der Waals surface area contributed by atoms with Gasteiger partial charge in [-0.05, 0) is 42.4 Å². The zero-order chi connectivity index (χ0) is 7.61. The lowest BCUT2D eigenvalue weighted by molar-refractivity contribution is -0.157. The predicted octanol–water partition coefficient (Wildman–Crippen LogP) is 2.11. The van der Waals surface area contributed by atoms with Crippen LogP contribution >= 0.6 is 22.6 Å². The van der Waals surface area contributed by atoms with E-state index in [-0.39, 0.29) is 11.4 Å². The van der Waals surface area contributed by atoms with Crippen LogP contribution in [-0.4, -0.2) is 10.6 Å². The van der Waals surface area contributed by atoms with Crippen LogP contribution in [0, 0.1) is 5.41 Å². The monoisotopic (exact) mass is 254 g/mol. The van der Waals surface area contributed by atoms with Crippen LogP contribution in [0.25, 0.3) is 0 Å². The van der Waals surface area contributed by atoms with Gasteiger partial charge in [-0.25, -0.2) is 0 Å². The molecule has 1 rings (SSSR count). The molecule has 10 heavy (non-hydrogen) atoms. The van der Waals surface area contributed by atoms with Crippen LogP contribution in [0.3, 0.4) is 0 Å². The molecule has 0 spiro atoms. The highest BCUT2D eigenvalue weighted by Gasteiger charge is 2.40. The van der Waals surface area contributed by atoms with Crippen molar-refractivity contribution in [3.63, 3.8) is 0 Å². The van der Waals surface area contributed by atoms with Crippen LogP contribution in [0.15, 0.2) is 0 Å². The second kappa shape index (κ2) is 3.07. The topological polar surface area (TPSA) is 26.3 Å². The fourth-order valence-corrected chi connectivity index (χ4v) is 1.42. The third-order valence-electron chi connectivity index (χ3n) is 2.14. The van der Waals surface area contributed by atoms with E-state index in [9.17, 15) is 4.79 Å². The summed E-state index contributed by atoms with van der Waals surface area (Å²) in [6.07, 6.45) is 3.18. The standard InChI is InChI=1S/C7H11IO2/c1-7(3-2-4-7)6(9)10-5-8/h2-5H2,1H3. The van der Waals surface area contributed by atoms with Gasteiger partial charge in [-0.3, -0.25) is 4.79 Å².